The van der Waals surface area contributed by atoms with E-state index in [2.05, 4.69) is 10.0 Å². The van der Waals surface area contributed by atoms with Gasteiger partial charge in [-0.25, -0.2) is 8.42 Å². The molecule has 1 amide bonds. The summed E-state index contributed by atoms with van der Waals surface area (Å²) >= 11 is 0. The quantitative estimate of drug-likeness (QED) is 0.822. The predicted molar refractivity (Wildman–Crippen MR) is 90.0 cm³/mol. The zero-order valence-corrected chi connectivity index (χ0v) is 14.2. The van der Waals surface area contributed by atoms with Gasteiger partial charge in [-0.3, -0.25) is 9.52 Å². The van der Waals surface area contributed by atoms with Crippen molar-refractivity contribution < 1.29 is 26.4 Å². The van der Waals surface area contributed by atoms with Crippen molar-refractivity contribution in [1.29, 1.82) is 0 Å². The summed E-state index contributed by atoms with van der Waals surface area (Å²) in [6.07, 6.45) is -2.79. The van der Waals surface area contributed by atoms with E-state index in [0.717, 1.165) is 25.0 Å². The fourth-order valence-electron chi connectivity index (χ4n) is 2.25. The Balaban J connectivity index is 1.69. The van der Waals surface area contributed by atoms with E-state index in [0.29, 0.717) is 17.8 Å². The van der Waals surface area contributed by atoms with Gasteiger partial charge in [0.1, 0.15) is 0 Å². The molecule has 0 atom stereocenters. The molecule has 0 radical (unpaired) electrons. The van der Waals surface area contributed by atoms with Crippen molar-refractivity contribution in [3.05, 3.63) is 54.1 Å². The molecule has 3 rings (SSSR count). The predicted octanol–water partition coefficient (Wildman–Crippen LogP) is 3.85. The highest BCUT2D eigenvalue weighted by Crippen LogP contribution is 2.31. The molecule has 0 aromatic heterocycles. The van der Waals surface area contributed by atoms with Gasteiger partial charge in [0.15, 0.2) is 0 Å². The largest absolute Gasteiger partial charge is 0.416 e. The molecule has 1 saturated carbocycles. The van der Waals surface area contributed by atoms with Crippen LogP contribution in [0, 0.1) is 5.92 Å². The van der Waals surface area contributed by atoms with E-state index in [-0.39, 0.29) is 22.4 Å². The second kappa shape index (κ2) is 6.64. The number of anilines is 2. The summed E-state index contributed by atoms with van der Waals surface area (Å²) in [5.74, 6) is -0.0177. The summed E-state index contributed by atoms with van der Waals surface area (Å²) in [7, 11) is -4.02. The molecule has 9 heteroatoms. The van der Waals surface area contributed by atoms with Gasteiger partial charge in [0, 0.05) is 17.3 Å². The van der Waals surface area contributed by atoms with E-state index < -0.39 is 21.8 Å². The molecule has 0 unspecified atom stereocenters. The molecule has 0 bridgehead atoms. The second-order valence-electron chi connectivity index (χ2n) is 5.97. The van der Waals surface area contributed by atoms with Crippen LogP contribution in [0.3, 0.4) is 0 Å². The van der Waals surface area contributed by atoms with Crippen LogP contribution in [0.25, 0.3) is 0 Å². The number of alkyl halides is 3. The topological polar surface area (TPSA) is 75.3 Å². The number of hydrogen-bond donors (Lipinski definition) is 2. The molecule has 5 nitrogen and oxygen atoms in total. The van der Waals surface area contributed by atoms with E-state index in [1.807, 2.05) is 0 Å². The van der Waals surface area contributed by atoms with Crippen molar-refractivity contribution in [1.82, 2.24) is 0 Å². The molecular weight excluding hydrogens is 369 g/mol. The van der Waals surface area contributed by atoms with Crippen molar-refractivity contribution in [2.75, 3.05) is 10.0 Å². The molecule has 1 aliphatic rings. The zero-order valence-electron chi connectivity index (χ0n) is 13.4. The first kappa shape index (κ1) is 18.2. The van der Waals surface area contributed by atoms with Crippen LogP contribution in [0.2, 0.25) is 0 Å². The van der Waals surface area contributed by atoms with Crippen LogP contribution in [0.4, 0.5) is 24.5 Å². The molecule has 2 aromatic carbocycles. The Bertz CT molecular complexity index is 904. The lowest BCUT2D eigenvalue weighted by Crippen LogP contribution is -2.14. The molecule has 26 heavy (non-hydrogen) atoms. The Labute approximate surface area is 148 Å². The van der Waals surface area contributed by atoms with Gasteiger partial charge in [0.2, 0.25) is 5.91 Å². The average molecular weight is 384 g/mol. The lowest BCUT2D eigenvalue weighted by atomic mass is 10.2. The van der Waals surface area contributed by atoms with Gasteiger partial charge in [-0.05, 0) is 61.4 Å². The first-order valence-electron chi connectivity index (χ1n) is 7.76. The van der Waals surface area contributed by atoms with Crippen LogP contribution in [0.15, 0.2) is 53.4 Å². The van der Waals surface area contributed by atoms with Crippen LogP contribution in [-0.2, 0) is 21.0 Å². The van der Waals surface area contributed by atoms with Gasteiger partial charge in [-0.1, -0.05) is 0 Å². The minimum absolute atomic E-state index is 0.0489. The standard InChI is InChI=1S/C17H15F3N2O3S/c18-17(19,20)12-3-9-15(10-4-12)26(24,25)22-14-7-5-13(6-8-14)21-16(23)11-1-2-11/h3-11,22H,1-2H2,(H,21,23). The second-order valence-corrected chi connectivity index (χ2v) is 7.65. The number of nitrogens with one attached hydrogen (secondary N) is 2. The molecule has 2 aromatic rings. The average Bonchev–Trinajstić information content (AvgIpc) is 3.41. The highest BCUT2D eigenvalue weighted by molar-refractivity contribution is 7.92. The number of rotatable bonds is 5. The molecule has 2 N–H and O–H groups in total. The molecule has 138 valence electrons. The van der Waals surface area contributed by atoms with Crippen molar-refractivity contribution in [3.63, 3.8) is 0 Å². The maximum atomic E-state index is 12.5. The lowest BCUT2D eigenvalue weighted by molar-refractivity contribution is -0.137. The molecular formula is C17H15F3N2O3S. The summed E-state index contributed by atoms with van der Waals surface area (Å²) in [5, 5.41) is 2.72. The molecule has 1 aliphatic carbocycles. The van der Waals surface area contributed by atoms with Crippen molar-refractivity contribution in [2.24, 2.45) is 5.92 Å². The summed E-state index contributed by atoms with van der Waals surface area (Å²) < 4.78 is 64.5. The summed E-state index contributed by atoms with van der Waals surface area (Å²) in [6.45, 7) is 0. The third-order valence-corrected chi connectivity index (χ3v) is 5.24. The number of carbonyl (C=O) groups is 1. The monoisotopic (exact) mass is 384 g/mol. The fourth-order valence-corrected chi connectivity index (χ4v) is 3.31. The Morgan fingerprint density at radius 2 is 1.46 bits per heavy atom. The van der Waals surface area contributed by atoms with E-state index in [4.69, 9.17) is 0 Å². The number of hydrogen-bond acceptors (Lipinski definition) is 3. The minimum Gasteiger partial charge on any atom is -0.326 e. The van der Waals surface area contributed by atoms with Crippen molar-refractivity contribution in [2.45, 2.75) is 23.9 Å². The van der Waals surface area contributed by atoms with Crippen molar-refractivity contribution in [3.8, 4) is 0 Å². The van der Waals surface area contributed by atoms with Gasteiger partial charge < -0.3 is 5.32 Å². The Morgan fingerprint density at radius 1 is 0.923 bits per heavy atom. The Kier molecular flexibility index (Phi) is 4.66. The summed E-state index contributed by atoms with van der Waals surface area (Å²) in [5.41, 5.74) is -0.152. The van der Waals surface area contributed by atoms with Gasteiger partial charge in [0.25, 0.3) is 10.0 Å². The molecule has 1 fully saturated rings. The van der Waals surface area contributed by atoms with Crippen LogP contribution < -0.4 is 10.0 Å². The molecule has 0 spiro atoms. The van der Waals surface area contributed by atoms with Gasteiger partial charge in [-0.2, -0.15) is 13.2 Å². The van der Waals surface area contributed by atoms with Crippen molar-refractivity contribution >= 4 is 27.3 Å². The van der Waals surface area contributed by atoms with E-state index in [1.54, 1.807) is 12.1 Å². The van der Waals surface area contributed by atoms with Crippen LogP contribution in [-0.4, -0.2) is 14.3 Å². The number of carbonyl (C=O) groups excluding carboxylic acids is 1. The number of amides is 1. The Morgan fingerprint density at radius 3 is 1.96 bits per heavy atom. The highest BCUT2D eigenvalue weighted by atomic mass is 32.2. The van der Waals surface area contributed by atoms with E-state index >= 15 is 0 Å². The third-order valence-electron chi connectivity index (χ3n) is 3.84. The molecule has 0 heterocycles. The Hall–Kier alpha value is -2.55. The third kappa shape index (κ3) is 4.34. The molecule has 0 saturated heterocycles. The maximum absolute atomic E-state index is 12.5. The SMILES string of the molecule is O=C(Nc1ccc(NS(=O)(=O)c2ccc(C(F)(F)F)cc2)cc1)C1CC1. The number of benzene rings is 2. The first-order valence-corrected chi connectivity index (χ1v) is 9.24. The van der Waals surface area contributed by atoms with Gasteiger partial charge in [-0.15, -0.1) is 0 Å². The number of sulfonamides is 1. The van der Waals surface area contributed by atoms with Gasteiger partial charge in [0.05, 0.1) is 10.5 Å². The normalized spacial score (nSPS) is 14.7. The van der Waals surface area contributed by atoms with Gasteiger partial charge >= 0.3 is 6.18 Å². The van der Waals surface area contributed by atoms with Crippen LogP contribution >= 0.6 is 0 Å². The molecule has 0 aliphatic heterocycles. The van der Waals surface area contributed by atoms with Crippen LogP contribution in [0.1, 0.15) is 18.4 Å². The van der Waals surface area contributed by atoms with Crippen LogP contribution in [0.5, 0.6) is 0 Å². The highest BCUT2D eigenvalue weighted by Gasteiger charge is 2.31. The van der Waals surface area contributed by atoms with E-state index in [9.17, 15) is 26.4 Å². The first-order chi connectivity index (χ1) is 12.1. The summed E-state index contributed by atoms with van der Waals surface area (Å²) in [4.78, 5) is 11.4. The smallest absolute Gasteiger partial charge is 0.326 e. The zero-order chi connectivity index (χ0) is 18.9. The fraction of sp³-hybridized carbons (Fsp3) is 0.235. The lowest BCUT2D eigenvalue weighted by Gasteiger charge is -2.11. The maximum Gasteiger partial charge on any atom is 0.416 e. The van der Waals surface area contributed by atoms with E-state index in [1.165, 1.54) is 12.1 Å². The summed E-state index contributed by atoms with van der Waals surface area (Å²) in [6, 6.07) is 9.24. The number of halogens is 3. The minimum atomic E-state index is -4.53.